The Bertz CT molecular complexity index is 1340. The van der Waals surface area contributed by atoms with Crippen LogP contribution in [-0.2, 0) is 29.1 Å². The van der Waals surface area contributed by atoms with Gasteiger partial charge in [0.1, 0.15) is 17.9 Å². The number of furan rings is 1. The second kappa shape index (κ2) is 10.2. The van der Waals surface area contributed by atoms with E-state index in [2.05, 4.69) is 6.07 Å². The van der Waals surface area contributed by atoms with Gasteiger partial charge in [0.15, 0.2) is 0 Å². The molecule has 0 saturated heterocycles. The third kappa shape index (κ3) is 5.10. The number of ether oxygens (including phenoxy) is 2. The lowest BCUT2D eigenvalue weighted by atomic mass is 10.0. The van der Waals surface area contributed by atoms with E-state index in [0.717, 1.165) is 27.6 Å². The van der Waals surface area contributed by atoms with E-state index in [4.69, 9.17) is 19.6 Å². The Morgan fingerprint density at radius 3 is 2.59 bits per heavy atom. The molecule has 1 heterocycles. The zero-order valence-electron chi connectivity index (χ0n) is 18.7. The normalized spacial score (nSPS) is 10.9. The Labute approximate surface area is 196 Å². The van der Waals surface area contributed by atoms with Crippen molar-refractivity contribution in [1.29, 1.82) is 0 Å². The van der Waals surface area contributed by atoms with E-state index in [1.807, 2.05) is 36.4 Å². The second-order valence-electron chi connectivity index (χ2n) is 7.77. The minimum atomic E-state index is -1.08. The van der Waals surface area contributed by atoms with Gasteiger partial charge < -0.3 is 24.7 Å². The van der Waals surface area contributed by atoms with Crippen molar-refractivity contribution in [2.45, 2.75) is 26.5 Å². The Morgan fingerprint density at radius 2 is 1.82 bits per heavy atom. The Balaban J connectivity index is 1.62. The third-order valence-electron chi connectivity index (χ3n) is 5.49. The van der Waals surface area contributed by atoms with Crippen molar-refractivity contribution < 1.29 is 28.6 Å². The summed E-state index contributed by atoms with van der Waals surface area (Å²) < 4.78 is 16.7. The highest BCUT2D eigenvalue weighted by Gasteiger charge is 2.15. The maximum Gasteiger partial charge on any atom is 0.335 e. The molecule has 3 N–H and O–H groups in total. The molecule has 0 amide bonds. The second-order valence-corrected chi connectivity index (χ2v) is 7.77. The van der Waals surface area contributed by atoms with E-state index in [1.165, 1.54) is 12.1 Å². The summed E-state index contributed by atoms with van der Waals surface area (Å²) in [6.45, 7) is 2.59. The summed E-state index contributed by atoms with van der Waals surface area (Å²) >= 11 is 0. The van der Waals surface area contributed by atoms with Gasteiger partial charge in [-0.05, 0) is 53.9 Å². The van der Waals surface area contributed by atoms with Gasteiger partial charge in [0.2, 0.25) is 0 Å². The number of carboxylic acids is 1. The molecule has 174 valence electrons. The van der Waals surface area contributed by atoms with Crippen LogP contribution < -0.4 is 10.5 Å². The Kier molecular flexibility index (Phi) is 6.94. The van der Waals surface area contributed by atoms with Gasteiger partial charge >= 0.3 is 11.9 Å². The standard InChI is InChI=1S/C27H25NO6/c1-2-32-26(29)13-20-6-7-21(27(30)31)12-25(20)34-16-22-15-33-24-9-8-19(11-23(22)24)18-5-3-4-17(10-18)14-28/h3-12,15H,2,13-14,16,28H2,1H3,(H,30,31). The van der Waals surface area contributed by atoms with Crippen LogP contribution >= 0.6 is 0 Å². The molecule has 0 radical (unpaired) electrons. The molecule has 0 atom stereocenters. The molecule has 0 aliphatic heterocycles. The zero-order chi connectivity index (χ0) is 24.1. The summed E-state index contributed by atoms with van der Waals surface area (Å²) in [5.74, 6) is -1.17. The number of carboxylic acid groups (broad SMARTS) is 1. The third-order valence-corrected chi connectivity index (χ3v) is 5.49. The molecule has 0 unspecified atom stereocenters. The van der Waals surface area contributed by atoms with E-state index in [1.54, 1.807) is 19.3 Å². The van der Waals surface area contributed by atoms with Crippen LogP contribution in [0.1, 0.15) is 34.0 Å². The predicted octanol–water partition coefficient (Wildman–Crippen LogP) is 4.94. The first-order valence-corrected chi connectivity index (χ1v) is 10.9. The zero-order valence-corrected chi connectivity index (χ0v) is 18.7. The number of esters is 1. The molecule has 3 aromatic carbocycles. The van der Waals surface area contributed by atoms with Crippen molar-refractivity contribution in [3.05, 3.63) is 89.2 Å². The van der Waals surface area contributed by atoms with Crippen LogP contribution in [0.2, 0.25) is 0 Å². The minimum absolute atomic E-state index is 0.0170. The number of hydrogen-bond acceptors (Lipinski definition) is 6. The quantitative estimate of drug-likeness (QED) is 0.341. The van der Waals surface area contributed by atoms with Crippen LogP contribution in [0.5, 0.6) is 5.75 Å². The predicted molar refractivity (Wildman–Crippen MR) is 128 cm³/mol. The van der Waals surface area contributed by atoms with Gasteiger partial charge in [0.25, 0.3) is 0 Å². The highest BCUT2D eigenvalue weighted by Crippen LogP contribution is 2.30. The maximum absolute atomic E-state index is 12.0. The topological polar surface area (TPSA) is 112 Å². The number of carbonyl (C=O) groups excluding carboxylic acids is 1. The van der Waals surface area contributed by atoms with Gasteiger partial charge in [-0.1, -0.05) is 30.3 Å². The first-order valence-electron chi connectivity index (χ1n) is 10.9. The van der Waals surface area contributed by atoms with Crippen LogP contribution in [0.4, 0.5) is 0 Å². The molecule has 0 spiro atoms. The van der Waals surface area contributed by atoms with E-state index in [9.17, 15) is 14.7 Å². The molecular weight excluding hydrogens is 434 g/mol. The maximum atomic E-state index is 12.0. The summed E-state index contributed by atoms with van der Waals surface area (Å²) in [5.41, 5.74) is 11.0. The summed E-state index contributed by atoms with van der Waals surface area (Å²) in [4.78, 5) is 23.4. The molecule has 0 fully saturated rings. The molecule has 4 aromatic rings. The van der Waals surface area contributed by atoms with Gasteiger partial charge in [-0.2, -0.15) is 0 Å². The van der Waals surface area contributed by atoms with Crippen molar-refractivity contribution >= 4 is 22.9 Å². The smallest absolute Gasteiger partial charge is 0.335 e. The first kappa shape index (κ1) is 23.1. The average Bonchev–Trinajstić information content (AvgIpc) is 3.25. The average molecular weight is 459 g/mol. The summed E-state index contributed by atoms with van der Waals surface area (Å²) in [7, 11) is 0. The molecule has 0 aliphatic carbocycles. The number of aromatic carboxylic acids is 1. The number of hydrogen-bond donors (Lipinski definition) is 2. The van der Waals surface area contributed by atoms with Crippen LogP contribution in [0.25, 0.3) is 22.1 Å². The van der Waals surface area contributed by atoms with Crippen LogP contribution in [0.15, 0.2) is 71.3 Å². The monoisotopic (exact) mass is 459 g/mol. The van der Waals surface area contributed by atoms with Gasteiger partial charge in [0.05, 0.1) is 24.9 Å². The van der Waals surface area contributed by atoms with Gasteiger partial charge in [-0.25, -0.2) is 4.79 Å². The lowest BCUT2D eigenvalue weighted by Gasteiger charge is -2.12. The molecule has 7 nitrogen and oxygen atoms in total. The van der Waals surface area contributed by atoms with Crippen molar-refractivity contribution in [3.63, 3.8) is 0 Å². The number of rotatable bonds is 9. The van der Waals surface area contributed by atoms with Crippen LogP contribution in [0.3, 0.4) is 0 Å². The van der Waals surface area contributed by atoms with Gasteiger partial charge in [-0.15, -0.1) is 0 Å². The molecule has 4 rings (SSSR count). The lowest BCUT2D eigenvalue weighted by Crippen LogP contribution is -2.10. The van der Waals surface area contributed by atoms with E-state index >= 15 is 0 Å². The molecule has 0 aliphatic rings. The minimum Gasteiger partial charge on any atom is -0.488 e. The highest BCUT2D eigenvalue weighted by molar-refractivity contribution is 5.89. The highest BCUT2D eigenvalue weighted by atomic mass is 16.5. The van der Waals surface area contributed by atoms with Gasteiger partial charge in [-0.3, -0.25) is 4.79 Å². The largest absolute Gasteiger partial charge is 0.488 e. The number of benzene rings is 3. The Hall–Kier alpha value is -4.10. The van der Waals surface area contributed by atoms with E-state index in [-0.39, 0.29) is 25.2 Å². The molecule has 7 heteroatoms. The fraction of sp³-hybridized carbons (Fsp3) is 0.185. The molecule has 0 saturated carbocycles. The fourth-order valence-electron chi connectivity index (χ4n) is 3.74. The molecule has 34 heavy (non-hydrogen) atoms. The number of nitrogens with two attached hydrogens (primary N) is 1. The van der Waals surface area contributed by atoms with Crippen LogP contribution in [-0.4, -0.2) is 23.7 Å². The Morgan fingerprint density at radius 1 is 1.00 bits per heavy atom. The summed E-state index contributed by atoms with van der Waals surface area (Å²) in [6, 6.07) is 18.4. The molecule has 0 bridgehead atoms. The molecule has 1 aromatic heterocycles. The summed E-state index contributed by atoms with van der Waals surface area (Å²) in [5, 5.41) is 10.3. The fourth-order valence-corrected chi connectivity index (χ4v) is 3.74. The SMILES string of the molecule is CCOC(=O)Cc1ccc(C(=O)O)cc1OCc1coc2ccc(-c3cccc(CN)c3)cc12. The lowest BCUT2D eigenvalue weighted by molar-refractivity contribution is -0.142. The first-order chi connectivity index (χ1) is 16.5. The number of fused-ring (bicyclic) bond motifs is 1. The van der Waals surface area contributed by atoms with Crippen LogP contribution in [0, 0.1) is 0 Å². The van der Waals surface area contributed by atoms with Gasteiger partial charge in [0, 0.05) is 23.1 Å². The van der Waals surface area contributed by atoms with Crippen molar-refractivity contribution in [1.82, 2.24) is 0 Å². The van der Waals surface area contributed by atoms with Crippen molar-refractivity contribution in [2.24, 2.45) is 5.73 Å². The van der Waals surface area contributed by atoms with E-state index in [0.29, 0.717) is 23.4 Å². The van der Waals surface area contributed by atoms with Crippen molar-refractivity contribution in [3.8, 4) is 16.9 Å². The van der Waals surface area contributed by atoms with Crippen molar-refractivity contribution in [2.75, 3.05) is 6.61 Å². The molecular formula is C27H25NO6. The number of carbonyl (C=O) groups is 2. The van der Waals surface area contributed by atoms with E-state index < -0.39 is 11.9 Å². The summed E-state index contributed by atoms with van der Waals surface area (Å²) in [6.07, 6.45) is 1.60.